The van der Waals surface area contributed by atoms with Gasteiger partial charge in [-0.05, 0) is 76.8 Å². The Balaban J connectivity index is 1.67. The minimum absolute atomic E-state index is 0.323. The number of imide groups is 1. The Morgan fingerprint density at radius 2 is 1.81 bits per heavy atom. The highest BCUT2D eigenvalue weighted by Crippen LogP contribution is 2.43. The zero-order chi connectivity index (χ0) is 35.4. The van der Waals surface area contributed by atoms with Crippen molar-refractivity contribution in [3.8, 4) is 11.3 Å². The number of aromatic nitrogens is 2. The van der Waals surface area contributed by atoms with E-state index in [0.29, 0.717) is 38.9 Å². The highest BCUT2D eigenvalue weighted by Gasteiger charge is 2.43. The van der Waals surface area contributed by atoms with Gasteiger partial charge in [0.2, 0.25) is 0 Å². The number of ether oxygens (including phenoxy) is 2. The standard InChI is InChI=1S/C31H33ClFN5O8S2/c1-29(2,3)37-48(43,44)36-24(23-19(32)14-20(33)26(35-23)38(27(39)40)28(41)42)22-12-16-8-7-9-18(25(16)47-22)21-13-17(10-11-34-21)31(6)15-45-30(4,5)46-31/h7-14,24,36-37H,15H2,1-6H3,(H,39,40)(H,41,42)/t24-,31-/m0/s1. The summed E-state index contributed by atoms with van der Waals surface area (Å²) in [6.07, 6.45) is -2.39. The van der Waals surface area contributed by atoms with Gasteiger partial charge in [0.15, 0.2) is 17.4 Å². The third-order valence-corrected chi connectivity index (χ3v) is 10.2. The summed E-state index contributed by atoms with van der Waals surface area (Å²) in [5.41, 5.74) is 0.162. The third kappa shape index (κ3) is 7.44. The first-order chi connectivity index (χ1) is 22.2. The van der Waals surface area contributed by atoms with Crippen molar-refractivity contribution >= 4 is 61.2 Å². The fourth-order valence-corrected chi connectivity index (χ4v) is 8.29. The van der Waals surface area contributed by atoms with E-state index in [4.69, 9.17) is 21.1 Å². The molecule has 13 nitrogen and oxygen atoms in total. The summed E-state index contributed by atoms with van der Waals surface area (Å²) in [6, 6.07) is 10.1. The van der Waals surface area contributed by atoms with Crippen LogP contribution < -0.4 is 14.3 Å². The Kier molecular flexibility index (Phi) is 9.33. The van der Waals surface area contributed by atoms with Crippen molar-refractivity contribution < 1.29 is 42.1 Å². The van der Waals surface area contributed by atoms with Gasteiger partial charge < -0.3 is 19.7 Å². The molecule has 2 amide bonds. The van der Waals surface area contributed by atoms with Gasteiger partial charge in [0, 0.05) is 26.9 Å². The number of carboxylic acid groups (broad SMARTS) is 2. The summed E-state index contributed by atoms with van der Waals surface area (Å²) < 4.78 is 59.4. The molecule has 0 aliphatic carbocycles. The largest absolute Gasteiger partial charge is 0.464 e. The number of carbonyl (C=O) groups is 2. The topological polar surface area (TPSA) is 180 Å². The number of amides is 2. The van der Waals surface area contributed by atoms with E-state index in [1.54, 1.807) is 39.1 Å². The van der Waals surface area contributed by atoms with Crippen LogP contribution in [0.25, 0.3) is 21.3 Å². The number of hydrogen-bond donors (Lipinski definition) is 4. The Bertz CT molecular complexity index is 2020. The molecular formula is C31H33ClFN5O8S2. The Morgan fingerprint density at radius 3 is 2.42 bits per heavy atom. The SMILES string of the molecule is CC(C)(C)NS(=O)(=O)N[C@@H](c1cc2cccc(-c3cc([C@]4(C)COC(C)(C)O4)ccn3)c2s1)c1nc(N(C(=O)O)C(=O)O)c(F)cc1Cl. The maximum absolute atomic E-state index is 15.0. The normalized spacial score (nSPS) is 18.6. The van der Waals surface area contributed by atoms with Crippen LogP contribution in [0.3, 0.4) is 0 Å². The molecule has 256 valence electrons. The smallest absolute Gasteiger partial charge is 0.422 e. The molecule has 4 aromatic rings. The van der Waals surface area contributed by atoms with E-state index in [-0.39, 0.29) is 15.6 Å². The van der Waals surface area contributed by atoms with Crippen molar-refractivity contribution in [2.45, 2.75) is 64.5 Å². The number of hydrogen-bond acceptors (Lipinski definition) is 9. The van der Waals surface area contributed by atoms with Crippen molar-refractivity contribution in [3.05, 3.63) is 75.6 Å². The van der Waals surface area contributed by atoms with Crippen molar-refractivity contribution in [2.75, 3.05) is 11.5 Å². The maximum Gasteiger partial charge on any atom is 0.422 e. The van der Waals surface area contributed by atoms with Crippen LogP contribution in [0.1, 0.15) is 63.7 Å². The monoisotopic (exact) mass is 721 g/mol. The number of halogens is 2. The molecule has 1 aliphatic heterocycles. The zero-order valence-corrected chi connectivity index (χ0v) is 29.1. The number of thiophene rings is 1. The Labute approximate surface area is 284 Å². The number of rotatable bonds is 8. The van der Waals surface area contributed by atoms with Crippen LogP contribution in [-0.4, -0.2) is 58.7 Å². The van der Waals surface area contributed by atoms with Crippen LogP contribution in [0.5, 0.6) is 0 Å². The highest BCUT2D eigenvalue weighted by atomic mass is 35.5. The Morgan fingerprint density at radius 1 is 1.12 bits per heavy atom. The van der Waals surface area contributed by atoms with E-state index in [1.165, 1.54) is 11.3 Å². The first kappa shape index (κ1) is 35.5. The summed E-state index contributed by atoms with van der Waals surface area (Å²) in [7, 11) is -4.33. The van der Waals surface area contributed by atoms with E-state index in [0.717, 1.165) is 5.56 Å². The van der Waals surface area contributed by atoms with Gasteiger partial charge >= 0.3 is 12.2 Å². The number of fused-ring (bicyclic) bond motifs is 1. The van der Waals surface area contributed by atoms with Crippen molar-refractivity contribution in [3.63, 3.8) is 0 Å². The summed E-state index contributed by atoms with van der Waals surface area (Å²) >= 11 is 7.58. The number of nitrogens with one attached hydrogen (secondary N) is 2. The number of pyridine rings is 2. The van der Waals surface area contributed by atoms with Crippen LogP contribution >= 0.6 is 22.9 Å². The Hall–Kier alpha value is -3.77. The van der Waals surface area contributed by atoms with Gasteiger partial charge in [0.25, 0.3) is 10.2 Å². The van der Waals surface area contributed by atoms with Crippen molar-refractivity contribution in [1.82, 2.24) is 19.4 Å². The second-order valence-electron chi connectivity index (χ2n) is 12.8. The van der Waals surface area contributed by atoms with Gasteiger partial charge in [-0.1, -0.05) is 29.8 Å². The molecule has 2 atom stereocenters. The van der Waals surface area contributed by atoms with Gasteiger partial charge in [-0.3, -0.25) is 4.98 Å². The molecule has 5 rings (SSSR count). The predicted octanol–water partition coefficient (Wildman–Crippen LogP) is 6.62. The van der Waals surface area contributed by atoms with E-state index in [2.05, 4.69) is 19.4 Å². The van der Waals surface area contributed by atoms with Gasteiger partial charge in [-0.2, -0.15) is 22.8 Å². The van der Waals surface area contributed by atoms with E-state index < -0.39 is 57.0 Å². The average molecular weight is 722 g/mol. The molecular weight excluding hydrogens is 689 g/mol. The summed E-state index contributed by atoms with van der Waals surface area (Å²) in [6.45, 7) is 10.8. The van der Waals surface area contributed by atoms with E-state index in [9.17, 15) is 32.6 Å². The molecule has 1 saturated heterocycles. The van der Waals surface area contributed by atoms with E-state index in [1.807, 2.05) is 45.0 Å². The first-order valence-corrected chi connectivity index (χ1v) is 17.1. The molecule has 0 radical (unpaired) electrons. The minimum atomic E-state index is -4.33. The lowest BCUT2D eigenvalue weighted by atomic mass is 9.96. The fraction of sp³-hybridized carbons (Fsp3) is 0.355. The maximum atomic E-state index is 15.0. The molecule has 4 heterocycles. The molecule has 17 heteroatoms. The molecule has 1 fully saturated rings. The number of nitrogens with zero attached hydrogens (tertiary/aromatic N) is 3. The second-order valence-corrected chi connectivity index (χ2v) is 15.7. The van der Waals surface area contributed by atoms with Crippen LogP contribution in [0.4, 0.5) is 19.8 Å². The van der Waals surface area contributed by atoms with Crippen LogP contribution in [0.2, 0.25) is 5.02 Å². The lowest BCUT2D eigenvalue weighted by molar-refractivity contribution is -0.159. The van der Waals surface area contributed by atoms with Gasteiger partial charge in [0.1, 0.15) is 11.6 Å². The van der Waals surface area contributed by atoms with Crippen LogP contribution in [0, 0.1) is 5.82 Å². The minimum Gasteiger partial charge on any atom is -0.464 e. The van der Waals surface area contributed by atoms with Crippen LogP contribution in [0.15, 0.2) is 48.7 Å². The number of anilines is 1. The zero-order valence-electron chi connectivity index (χ0n) is 26.7. The second kappa shape index (κ2) is 12.6. The molecule has 4 N–H and O–H groups in total. The molecule has 0 unspecified atom stereocenters. The molecule has 3 aromatic heterocycles. The number of benzene rings is 1. The predicted molar refractivity (Wildman–Crippen MR) is 178 cm³/mol. The highest BCUT2D eigenvalue weighted by molar-refractivity contribution is 7.87. The summed E-state index contributed by atoms with van der Waals surface area (Å²) in [5, 5.41) is 19.3. The van der Waals surface area contributed by atoms with Crippen molar-refractivity contribution in [1.29, 1.82) is 0 Å². The molecule has 0 saturated carbocycles. The van der Waals surface area contributed by atoms with Gasteiger partial charge in [-0.25, -0.2) is 19.0 Å². The average Bonchev–Trinajstić information content (AvgIpc) is 3.52. The van der Waals surface area contributed by atoms with Crippen molar-refractivity contribution in [2.24, 2.45) is 0 Å². The molecule has 48 heavy (non-hydrogen) atoms. The summed E-state index contributed by atoms with van der Waals surface area (Å²) in [4.78, 5) is 32.0. The third-order valence-electron chi connectivity index (χ3n) is 7.18. The van der Waals surface area contributed by atoms with Crippen LogP contribution in [-0.2, 0) is 25.3 Å². The molecule has 1 aromatic carbocycles. The molecule has 1 aliphatic rings. The molecule has 0 spiro atoms. The first-order valence-electron chi connectivity index (χ1n) is 14.5. The lowest BCUT2D eigenvalue weighted by Crippen LogP contribution is -2.48. The lowest BCUT2D eigenvalue weighted by Gasteiger charge is -2.25. The van der Waals surface area contributed by atoms with Gasteiger partial charge in [-0.15, -0.1) is 11.3 Å². The fourth-order valence-electron chi connectivity index (χ4n) is 5.32. The quantitative estimate of drug-likeness (QED) is 0.154. The van der Waals surface area contributed by atoms with Gasteiger partial charge in [0.05, 0.1) is 23.0 Å². The summed E-state index contributed by atoms with van der Waals surface area (Å²) in [5.74, 6) is -3.21. The van der Waals surface area contributed by atoms with E-state index >= 15 is 0 Å². The molecule has 0 bridgehead atoms.